The summed E-state index contributed by atoms with van der Waals surface area (Å²) in [6.45, 7) is 4.82. The summed E-state index contributed by atoms with van der Waals surface area (Å²) >= 11 is 0. The molecule has 1 aliphatic carbocycles. The van der Waals surface area contributed by atoms with Gasteiger partial charge in [0.25, 0.3) is 0 Å². The lowest BCUT2D eigenvalue weighted by Gasteiger charge is -2.37. The number of nitrogens with one attached hydrogen (secondary N) is 2. The van der Waals surface area contributed by atoms with Gasteiger partial charge >= 0.3 is 6.03 Å². The molecule has 0 spiro atoms. The molecule has 2 N–H and O–H groups in total. The van der Waals surface area contributed by atoms with Gasteiger partial charge in [0, 0.05) is 13.0 Å². The summed E-state index contributed by atoms with van der Waals surface area (Å²) in [6.07, 6.45) is 2.73. The van der Waals surface area contributed by atoms with Crippen LogP contribution >= 0.6 is 0 Å². The first-order chi connectivity index (χ1) is 11.9. The van der Waals surface area contributed by atoms with Crippen molar-refractivity contribution in [2.24, 2.45) is 0 Å². The largest absolute Gasteiger partial charge is 0.349 e. The molecule has 25 heavy (non-hydrogen) atoms. The van der Waals surface area contributed by atoms with Gasteiger partial charge < -0.3 is 10.6 Å². The summed E-state index contributed by atoms with van der Waals surface area (Å²) in [6, 6.07) is 7.96. The first-order valence-corrected chi connectivity index (χ1v) is 8.85. The van der Waals surface area contributed by atoms with E-state index in [0.29, 0.717) is 12.8 Å². The molecule has 0 radical (unpaired) electrons. The maximum atomic E-state index is 12.3. The van der Waals surface area contributed by atoms with Crippen LogP contribution in [0.5, 0.6) is 0 Å². The van der Waals surface area contributed by atoms with Crippen LogP contribution in [0.4, 0.5) is 4.79 Å². The standard InChI is InChI=1S/C19H25N3O3/c1-19(2)10-9-15(13-6-3-4-7-14(13)19)21-16(23)8-5-11-22-17(24)12-20-18(22)25/h3-4,6-7,15H,5,8-12H2,1-2H3,(H,20,25)(H,21,23)/t15-/m1/s1. The molecule has 1 saturated heterocycles. The highest BCUT2D eigenvalue weighted by Crippen LogP contribution is 2.41. The molecule has 1 heterocycles. The zero-order chi connectivity index (χ0) is 18.0. The summed E-state index contributed by atoms with van der Waals surface area (Å²) in [5.41, 5.74) is 2.62. The molecular formula is C19H25N3O3. The van der Waals surface area contributed by atoms with Crippen molar-refractivity contribution in [3.05, 3.63) is 35.4 Å². The molecule has 0 unspecified atom stereocenters. The molecule has 4 amide bonds. The van der Waals surface area contributed by atoms with Crippen molar-refractivity contribution in [2.45, 2.75) is 51.0 Å². The number of urea groups is 1. The second-order valence-corrected chi connectivity index (χ2v) is 7.44. The molecule has 6 nitrogen and oxygen atoms in total. The van der Waals surface area contributed by atoms with E-state index in [9.17, 15) is 14.4 Å². The van der Waals surface area contributed by atoms with Gasteiger partial charge in [-0.25, -0.2) is 4.79 Å². The number of hydrogen-bond acceptors (Lipinski definition) is 3. The molecule has 3 rings (SSSR count). The highest BCUT2D eigenvalue weighted by Gasteiger charge is 2.33. The number of hydrogen-bond donors (Lipinski definition) is 2. The van der Waals surface area contributed by atoms with Gasteiger partial charge in [0.1, 0.15) is 0 Å². The number of carbonyl (C=O) groups is 3. The van der Waals surface area contributed by atoms with E-state index in [1.807, 2.05) is 12.1 Å². The molecule has 1 aliphatic heterocycles. The zero-order valence-corrected chi connectivity index (χ0v) is 14.8. The first-order valence-electron chi connectivity index (χ1n) is 8.85. The number of rotatable bonds is 5. The summed E-state index contributed by atoms with van der Waals surface area (Å²) in [7, 11) is 0. The Bertz CT molecular complexity index is 683. The average Bonchev–Trinajstić information content (AvgIpc) is 2.90. The quantitative estimate of drug-likeness (QED) is 0.805. The van der Waals surface area contributed by atoms with Crippen LogP contribution in [0.3, 0.4) is 0 Å². The van der Waals surface area contributed by atoms with Crippen molar-refractivity contribution in [3.63, 3.8) is 0 Å². The van der Waals surface area contributed by atoms with Crippen LogP contribution in [0.25, 0.3) is 0 Å². The fourth-order valence-electron chi connectivity index (χ4n) is 3.71. The Morgan fingerprint density at radius 3 is 2.80 bits per heavy atom. The van der Waals surface area contributed by atoms with Crippen LogP contribution in [0.15, 0.2) is 24.3 Å². The van der Waals surface area contributed by atoms with E-state index in [0.717, 1.165) is 12.8 Å². The second kappa shape index (κ2) is 6.86. The van der Waals surface area contributed by atoms with Gasteiger partial charge in [-0.3, -0.25) is 14.5 Å². The molecule has 6 heteroatoms. The molecule has 1 aromatic rings. The van der Waals surface area contributed by atoms with Gasteiger partial charge in [-0.15, -0.1) is 0 Å². The van der Waals surface area contributed by atoms with Crippen LogP contribution in [0.2, 0.25) is 0 Å². The number of carbonyl (C=O) groups excluding carboxylic acids is 3. The van der Waals surface area contributed by atoms with Crippen molar-refractivity contribution in [2.75, 3.05) is 13.1 Å². The van der Waals surface area contributed by atoms with Crippen molar-refractivity contribution < 1.29 is 14.4 Å². The second-order valence-electron chi connectivity index (χ2n) is 7.44. The van der Waals surface area contributed by atoms with E-state index >= 15 is 0 Å². The predicted octanol–water partition coefficient (Wildman–Crippen LogP) is 2.25. The zero-order valence-electron chi connectivity index (χ0n) is 14.8. The summed E-state index contributed by atoms with van der Waals surface area (Å²) in [4.78, 5) is 36.5. The normalized spacial score (nSPS) is 21.7. The third kappa shape index (κ3) is 3.67. The van der Waals surface area contributed by atoms with Gasteiger partial charge in [-0.2, -0.15) is 0 Å². The fraction of sp³-hybridized carbons (Fsp3) is 0.526. The van der Waals surface area contributed by atoms with Crippen LogP contribution in [-0.2, 0) is 15.0 Å². The van der Waals surface area contributed by atoms with E-state index in [-0.39, 0.29) is 42.4 Å². The Morgan fingerprint density at radius 2 is 2.08 bits per heavy atom. The lowest BCUT2D eigenvalue weighted by atomic mass is 9.71. The van der Waals surface area contributed by atoms with E-state index in [1.54, 1.807) is 0 Å². The molecule has 2 aliphatic rings. The third-order valence-corrected chi connectivity index (χ3v) is 5.18. The third-order valence-electron chi connectivity index (χ3n) is 5.18. The Balaban J connectivity index is 1.55. The first kappa shape index (κ1) is 17.5. The number of amides is 4. The molecular weight excluding hydrogens is 318 g/mol. The van der Waals surface area contributed by atoms with Gasteiger partial charge in [-0.05, 0) is 35.8 Å². The Kier molecular flexibility index (Phi) is 4.79. The number of fused-ring (bicyclic) bond motifs is 1. The minimum absolute atomic E-state index is 0.0356. The van der Waals surface area contributed by atoms with E-state index in [1.165, 1.54) is 16.0 Å². The molecule has 1 aromatic carbocycles. The van der Waals surface area contributed by atoms with Crippen LogP contribution in [0, 0.1) is 0 Å². The monoisotopic (exact) mass is 343 g/mol. The van der Waals surface area contributed by atoms with E-state index < -0.39 is 0 Å². The average molecular weight is 343 g/mol. The van der Waals surface area contributed by atoms with Crippen LogP contribution < -0.4 is 10.6 Å². The fourth-order valence-corrected chi connectivity index (χ4v) is 3.71. The van der Waals surface area contributed by atoms with Crippen molar-refractivity contribution >= 4 is 17.8 Å². The molecule has 0 aromatic heterocycles. The highest BCUT2D eigenvalue weighted by atomic mass is 16.2. The molecule has 1 atom stereocenters. The van der Waals surface area contributed by atoms with Crippen LogP contribution in [0.1, 0.15) is 56.7 Å². The van der Waals surface area contributed by atoms with Gasteiger partial charge in [0.15, 0.2) is 0 Å². The summed E-state index contributed by atoms with van der Waals surface area (Å²) in [5.74, 6) is -0.264. The molecule has 134 valence electrons. The van der Waals surface area contributed by atoms with E-state index in [2.05, 4.69) is 36.6 Å². The molecule has 0 saturated carbocycles. The minimum Gasteiger partial charge on any atom is -0.349 e. The van der Waals surface area contributed by atoms with Crippen molar-refractivity contribution in [1.29, 1.82) is 0 Å². The number of nitrogens with zero attached hydrogens (tertiary/aromatic N) is 1. The number of imide groups is 1. The lowest BCUT2D eigenvalue weighted by Crippen LogP contribution is -2.36. The summed E-state index contributed by atoms with van der Waals surface area (Å²) in [5, 5.41) is 5.60. The van der Waals surface area contributed by atoms with E-state index in [4.69, 9.17) is 0 Å². The van der Waals surface area contributed by atoms with Crippen molar-refractivity contribution in [1.82, 2.24) is 15.5 Å². The minimum atomic E-state index is -0.367. The molecule has 0 bridgehead atoms. The molecule has 1 fully saturated rings. The SMILES string of the molecule is CC1(C)CC[C@@H](NC(=O)CCCN2C(=O)CNC2=O)c2ccccc21. The Hall–Kier alpha value is -2.37. The maximum Gasteiger partial charge on any atom is 0.324 e. The van der Waals surface area contributed by atoms with Gasteiger partial charge in [-0.1, -0.05) is 38.1 Å². The van der Waals surface area contributed by atoms with Gasteiger partial charge in [0.05, 0.1) is 12.6 Å². The Morgan fingerprint density at radius 1 is 1.32 bits per heavy atom. The van der Waals surface area contributed by atoms with Crippen LogP contribution in [-0.4, -0.2) is 35.8 Å². The highest BCUT2D eigenvalue weighted by molar-refractivity contribution is 6.01. The summed E-state index contributed by atoms with van der Waals surface area (Å²) < 4.78 is 0. The number of benzene rings is 1. The Labute approximate surface area is 148 Å². The maximum absolute atomic E-state index is 12.3. The topological polar surface area (TPSA) is 78.5 Å². The van der Waals surface area contributed by atoms with Crippen molar-refractivity contribution in [3.8, 4) is 0 Å². The lowest BCUT2D eigenvalue weighted by molar-refractivity contribution is -0.126. The predicted molar refractivity (Wildman–Crippen MR) is 93.9 cm³/mol. The smallest absolute Gasteiger partial charge is 0.324 e. The van der Waals surface area contributed by atoms with Gasteiger partial charge in [0.2, 0.25) is 11.8 Å².